The number of hydrogen-bond donors (Lipinski definition) is 2. The molecule has 0 aliphatic heterocycles. The predicted molar refractivity (Wildman–Crippen MR) is 73.4 cm³/mol. The highest BCUT2D eigenvalue weighted by molar-refractivity contribution is 5.92. The van der Waals surface area contributed by atoms with Crippen LogP contribution in [0.15, 0.2) is 18.2 Å². The lowest BCUT2D eigenvalue weighted by atomic mass is 10.0. The minimum absolute atomic E-state index is 0.267. The second-order valence-corrected chi connectivity index (χ2v) is 6.57. The predicted octanol–water partition coefficient (Wildman–Crippen LogP) is 2.06. The van der Waals surface area contributed by atoms with Crippen LogP contribution < -0.4 is 11.1 Å². The van der Waals surface area contributed by atoms with Gasteiger partial charge >= 0.3 is 0 Å². The summed E-state index contributed by atoms with van der Waals surface area (Å²) in [6, 6.07) is 4.90. The van der Waals surface area contributed by atoms with E-state index in [4.69, 9.17) is 5.73 Å². The van der Waals surface area contributed by atoms with Gasteiger partial charge in [0.05, 0.1) is 0 Å². The highest BCUT2D eigenvalue weighted by atomic mass is 19.1. The first-order chi connectivity index (χ1) is 9.65. The van der Waals surface area contributed by atoms with Crippen LogP contribution in [0.4, 0.5) is 4.39 Å². The summed E-state index contributed by atoms with van der Waals surface area (Å²) >= 11 is 0. The smallest absolute Gasteiger partial charge is 0.248 e. The summed E-state index contributed by atoms with van der Waals surface area (Å²) in [5.74, 6) is 2.70. The number of amides is 1. The summed E-state index contributed by atoms with van der Waals surface area (Å²) < 4.78 is 13.8. The molecule has 1 aromatic carbocycles. The Kier molecular flexibility index (Phi) is 2.64. The van der Waals surface area contributed by atoms with Gasteiger partial charge in [0.2, 0.25) is 5.91 Å². The van der Waals surface area contributed by atoms with Gasteiger partial charge in [-0.05, 0) is 61.1 Å². The molecule has 20 heavy (non-hydrogen) atoms. The first-order valence-corrected chi connectivity index (χ1v) is 7.47. The summed E-state index contributed by atoms with van der Waals surface area (Å²) in [7, 11) is 0. The topological polar surface area (TPSA) is 55.1 Å². The molecule has 3 N–H and O–H groups in total. The highest BCUT2D eigenvalue weighted by Gasteiger charge is 2.64. The third-order valence-corrected chi connectivity index (χ3v) is 5.59. The van der Waals surface area contributed by atoms with Crippen molar-refractivity contribution >= 4 is 5.91 Å². The average molecular weight is 274 g/mol. The lowest BCUT2D eigenvalue weighted by Gasteiger charge is -2.11. The van der Waals surface area contributed by atoms with Crippen LogP contribution in [0, 0.1) is 29.5 Å². The zero-order valence-corrected chi connectivity index (χ0v) is 11.3. The Morgan fingerprint density at radius 1 is 1.30 bits per heavy atom. The zero-order chi connectivity index (χ0) is 13.9. The van der Waals surface area contributed by atoms with E-state index in [1.54, 1.807) is 6.07 Å². The van der Waals surface area contributed by atoms with Crippen molar-refractivity contribution in [2.45, 2.75) is 31.8 Å². The van der Waals surface area contributed by atoms with E-state index in [1.165, 1.54) is 31.4 Å². The number of hydrogen-bond acceptors (Lipinski definition) is 2. The van der Waals surface area contributed by atoms with E-state index in [9.17, 15) is 9.18 Å². The molecule has 1 aromatic rings. The van der Waals surface area contributed by atoms with Gasteiger partial charge in [-0.15, -0.1) is 0 Å². The fourth-order valence-corrected chi connectivity index (χ4v) is 4.69. The van der Waals surface area contributed by atoms with E-state index in [-0.39, 0.29) is 5.82 Å². The van der Waals surface area contributed by atoms with Crippen LogP contribution in [0.1, 0.15) is 35.2 Å². The highest BCUT2D eigenvalue weighted by Crippen LogP contribution is 2.65. The van der Waals surface area contributed by atoms with Gasteiger partial charge in [-0.25, -0.2) is 4.39 Å². The van der Waals surface area contributed by atoms with Crippen molar-refractivity contribution in [1.82, 2.24) is 5.32 Å². The molecule has 1 amide bonds. The Morgan fingerprint density at radius 2 is 2.00 bits per heavy atom. The third kappa shape index (κ3) is 1.78. The number of benzene rings is 1. The fourth-order valence-electron chi connectivity index (χ4n) is 4.69. The van der Waals surface area contributed by atoms with Crippen LogP contribution in [0.2, 0.25) is 0 Å². The Bertz CT molecular complexity index is 558. The van der Waals surface area contributed by atoms with Crippen molar-refractivity contribution in [3.05, 3.63) is 35.1 Å². The van der Waals surface area contributed by atoms with Gasteiger partial charge in [0.1, 0.15) is 5.82 Å². The van der Waals surface area contributed by atoms with E-state index in [1.807, 2.05) is 0 Å². The molecular weight excluding hydrogens is 255 g/mol. The SMILES string of the molecule is NC(=O)c1ccc(F)c(CNC2C3C4CCC(C4)C23)c1. The van der Waals surface area contributed by atoms with Gasteiger partial charge in [-0.3, -0.25) is 4.79 Å². The largest absolute Gasteiger partial charge is 0.366 e. The maximum Gasteiger partial charge on any atom is 0.248 e. The summed E-state index contributed by atoms with van der Waals surface area (Å²) in [5.41, 5.74) is 6.15. The van der Waals surface area contributed by atoms with Crippen molar-refractivity contribution in [2.24, 2.45) is 29.4 Å². The van der Waals surface area contributed by atoms with Gasteiger partial charge in [-0.2, -0.15) is 0 Å². The van der Waals surface area contributed by atoms with Gasteiger partial charge in [-0.1, -0.05) is 0 Å². The Morgan fingerprint density at radius 3 is 2.65 bits per heavy atom. The van der Waals surface area contributed by atoms with Gasteiger partial charge in [0.15, 0.2) is 0 Å². The molecule has 2 bridgehead atoms. The molecule has 0 spiro atoms. The van der Waals surface area contributed by atoms with E-state index in [2.05, 4.69) is 5.32 Å². The molecule has 4 heteroatoms. The van der Waals surface area contributed by atoms with E-state index in [0.717, 1.165) is 23.7 Å². The normalized spacial score (nSPS) is 37.0. The molecule has 3 aliphatic carbocycles. The number of primary amides is 1. The number of carbonyl (C=O) groups excluding carboxylic acids is 1. The molecule has 3 saturated carbocycles. The molecule has 4 atom stereocenters. The van der Waals surface area contributed by atoms with Crippen molar-refractivity contribution in [1.29, 1.82) is 0 Å². The minimum atomic E-state index is -0.507. The maximum atomic E-state index is 13.8. The molecule has 106 valence electrons. The van der Waals surface area contributed by atoms with Crippen LogP contribution in [-0.2, 0) is 6.54 Å². The number of nitrogens with two attached hydrogens (primary N) is 1. The van der Waals surface area contributed by atoms with Crippen molar-refractivity contribution in [3.63, 3.8) is 0 Å². The molecule has 0 radical (unpaired) electrons. The summed E-state index contributed by atoms with van der Waals surface area (Å²) in [6.45, 7) is 0.490. The van der Waals surface area contributed by atoms with Crippen LogP contribution >= 0.6 is 0 Å². The number of nitrogens with one attached hydrogen (secondary N) is 1. The Hall–Kier alpha value is -1.42. The molecular formula is C16H19FN2O. The van der Waals surface area contributed by atoms with E-state index in [0.29, 0.717) is 23.7 Å². The number of fused-ring (bicyclic) bond motifs is 5. The van der Waals surface area contributed by atoms with Crippen LogP contribution in [0.3, 0.4) is 0 Å². The summed E-state index contributed by atoms with van der Waals surface area (Å²) in [6.07, 6.45) is 4.18. The minimum Gasteiger partial charge on any atom is -0.366 e. The molecule has 3 aliphatic rings. The van der Waals surface area contributed by atoms with Crippen LogP contribution in [0.5, 0.6) is 0 Å². The molecule has 0 heterocycles. The molecule has 0 aromatic heterocycles. The van der Waals surface area contributed by atoms with E-state index < -0.39 is 5.91 Å². The second kappa shape index (κ2) is 4.29. The van der Waals surface area contributed by atoms with Gasteiger partial charge in [0, 0.05) is 23.7 Å². The van der Waals surface area contributed by atoms with Crippen molar-refractivity contribution in [3.8, 4) is 0 Å². The Balaban J connectivity index is 1.43. The standard InChI is InChI=1S/C16H19FN2O/c17-12-4-3-10(16(18)20)6-11(12)7-19-15-13-8-1-2-9(5-8)14(13)15/h3-4,6,8-9,13-15,19H,1-2,5,7H2,(H2,18,20). The zero-order valence-electron chi connectivity index (χ0n) is 11.3. The van der Waals surface area contributed by atoms with Gasteiger partial charge in [0.25, 0.3) is 0 Å². The molecule has 3 nitrogen and oxygen atoms in total. The Labute approximate surface area is 117 Å². The number of carbonyl (C=O) groups is 1. The second-order valence-electron chi connectivity index (χ2n) is 6.57. The maximum absolute atomic E-state index is 13.8. The average Bonchev–Trinajstić information content (AvgIpc) is 2.81. The molecule has 0 saturated heterocycles. The molecule has 4 unspecified atom stereocenters. The first kappa shape index (κ1) is 12.3. The quantitative estimate of drug-likeness (QED) is 0.883. The molecule has 3 fully saturated rings. The monoisotopic (exact) mass is 274 g/mol. The third-order valence-electron chi connectivity index (χ3n) is 5.59. The fraction of sp³-hybridized carbons (Fsp3) is 0.562. The molecule has 4 rings (SSSR count). The number of halogens is 1. The van der Waals surface area contributed by atoms with Crippen molar-refractivity contribution in [2.75, 3.05) is 0 Å². The van der Waals surface area contributed by atoms with Crippen LogP contribution in [0.25, 0.3) is 0 Å². The lowest BCUT2D eigenvalue weighted by molar-refractivity contribution is 0.1000. The summed E-state index contributed by atoms with van der Waals surface area (Å²) in [5, 5.41) is 3.49. The van der Waals surface area contributed by atoms with E-state index >= 15 is 0 Å². The summed E-state index contributed by atoms with van der Waals surface area (Å²) in [4.78, 5) is 11.1. The lowest BCUT2D eigenvalue weighted by Crippen LogP contribution is -2.23. The van der Waals surface area contributed by atoms with Crippen LogP contribution in [-0.4, -0.2) is 11.9 Å². The van der Waals surface area contributed by atoms with Gasteiger partial charge < -0.3 is 11.1 Å². The first-order valence-electron chi connectivity index (χ1n) is 7.47. The number of rotatable bonds is 4. The van der Waals surface area contributed by atoms with Crippen molar-refractivity contribution < 1.29 is 9.18 Å².